The summed E-state index contributed by atoms with van der Waals surface area (Å²) in [5, 5.41) is 0. The van der Waals surface area contributed by atoms with Crippen LogP contribution in [-0.4, -0.2) is 56.2 Å². The van der Waals surface area contributed by atoms with Gasteiger partial charge in [-0.15, -0.1) is 0 Å². The fraction of sp³-hybridized carbons (Fsp3) is 1.00. The first kappa shape index (κ1) is 27.8. The standard InChI is InChI=1S/3C2H6O3S.Au/c3*1-2-6(3,4)5;/h3*2H2,1H3,(H,3,4,5);/q;;;+3/p-3. The van der Waals surface area contributed by atoms with Crippen LogP contribution >= 0.6 is 0 Å². The van der Waals surface area contributed by atoms with Crippen LogP contribution in [0.1, 0.15) is 20.8 Å². The molecular weight excluding hydrogens is 509 g/mol. The summed E-state index contributed by atoms with van der Waals surface area (Å²) in [5.74, 6) is -0.938. The van der Waals surface area contributed by atoms with Crippen LogP contribution in [0.3, 0.4) is 0 Å². The third kappa shape index (κ3) is 55.9. The average Bonchev–Trinajstić information content (AvgIpc) is 2.16. The summed E-state index contributed by atoms with van der Waals surface area (Å²) in [6.45, 7) is 3.92. The Balaban J connectivity index is -0.0000000865. The van der Waals surface area contributed by atoms with E-state index in [0.29, 0.717) is 0 Å². The Morgan fingerprint density at radius 1 is 0.579 bits per heavy atom. The van der Waals surface area contributed by atoms with Gasteiger partial charge in [0.15, 0.2) is 0 Å². The van der Waals surface area contributed by atoms with Crippen molar-refractivity contribution in [3.63, 3.8) is 0 Å². The van der Waals surface area contributed by atoms with Gasteiger partial charge in [-0.3, -0.25) is 0 Å². The zero-order chi connectivity index (χ0) is 15.6. The van der Waals surface area contributed by atoms with Gasteiger partial charge in [-0.2, -0.15) is 0 Å². The largest absolute Gasteiger partial charge is 3.00 e. The van der Waals surface area contributed by atoms with Crippen molar-refractivity contribution in [2.75, 3.05) is 17.3 Å². The molecule has 0 amide bonds. The van der Waals surface area contributed by atoms with Gasteiger partial charge in [0.05, 0.1) is 30.4 Å². The van der Waals surface area contributed by atoms with Gasteiger partial charge in [-0.1, -0.05) is 20.8 Å². The fourth-order valence-electron chi connectivity index (χ4n) is 0. The molecule has 0 saturated carbocycles. The maximum absolute atomic E-state index is 9.44. The fourth-order valence-corrected chi connectivity index (χ4v) is 0. The summed E-state index contributed by atoms with van der Waals surface area (Å²) in [6.07, 6.45) is 0. The van der Waals surface area contributed by atoms with Crippen molar-refractivity contribution in [1.82, 2.24) is 0 Å². The molecule has 0 aromatic heterocycles. The molecule has 0 unspecified atom stereocenters. The van der Waals surface area contributed by atoms with Crippen LogP contribution in [0.2, 0.25) is 0 Å². The first-order valence-corrected chi connectivity index (χ1v) is 9.22. The van der Waals surface area contributed by atoms with Gasteiger partial charge in [-0.05, 0) is 0 Å². The Kier molecular flexibility index (Phi) is 17.9. The molecule has 0 aromatic carbocycles. The quantitative estimate of drug-likeness (QED) is 0.320. The van der Waals surface area contributed by atoms with E-state index in [9.17, 15) is 38.9 Å². The molecule has 0 aromatic rings. The molecule has 0 heterocycles. The minimum Gasteiger partial charge on any atom is -0.748 e. The maximum Gasteiger partial charge on any atom is 3.00 e. The van der Waals surface area contributed by atoms with Crippen molar-refractivity contribution in [1.29, 1.82) is 0 Å². The summed E-state index contributed by atoms with van der Waals surface area (Å²) < 4.78 is 85.0. The second kappa shape index (κ2) is 12.2. The second-order valence-corrected chi connectivity index (χ2v) is 7.62. The molecule has 0 rings (SSSR count). The summed E-state index contributed by atoms with van der Waals surface area (Å²) in [6, 6.07) is 0. The number of rotatable bonds is 3. The Morgan fingerprint density at radius 2 is 0.632 bits per heavy atom. The van der Waals surface area contributed by atoms with Crippen molar-refractivity contribution in [3.8, 4) is 0 Å². The van der Waals surface area contributed by atoms with E-state index in [2.05, 4.69) is 0 Å². The van der Waals surface area contributed by atoms with Gasteiger partial charge in [0.1, 0.15) is 0 Å². The molecule has 0 spiro atoms. The molecule has 0 fully saturated rings. The average molecular weight is 524 g/mol. The first-order valence-electron chi connectivity index (χ1n) is 4.49. The molecule has 0 aliphatic carbocycles. The zero-order valence-corrected chi connectivity index (χ0v) is 14.9. The van der Waals surface area contributed by atoms with Crippen LogP contribution in [0.15, 0.2) is 0 Å². The number of hydrogen-bond acceptors (Lipinski definition) is 9. The molecule has 0 aliphatic heterocycles. The molecule has 9 nitrogen and oxygen atoms in total. The molecule has 19 heavy (non-hydrogen) atoms. The van der Waals surface area contributed by atoms with Gasteiger partial charge in [0.25, 0.3) is 0 Å². The Labute approximate surface area is 129 Å². The van der Waals surface area contributed by atoms with Crippen LogP contribution in [0.25, 0.3) is 0 Å². The van der Waals surface area contributed by atoms with E-state index in [4.69, 9.17) is 0 Å². The van der Waals surface area contributed by atoms with E-state index in [1.54, 1.807) is 0 Å². The van der Waals surface area contributed by atoms with Crippen LogP contribution in [0, 0.1) is 0 Å². The SMILES string of the molecule is CCS(=O)(=O)[O-].CCS(=O)(=O)[O-].CCS(=O)(=O)[O-].[Au+3]. The van der Waals surface area contributed by atoms with Crippen LogP contribution < -0.4 is 0 Å². The van der Waals surface area contributed by atoms with Crippen molar-refractivity contribution in [2.45, 2.75) is 20.8 Å². The monoisotopic (exact) mass is 524 g/mol. The molecule has 122 valence electrons. The minimum atomic E-state index is -3.91. The van der Waals surface area contributed by atoms with Gasteiger partial charge in [-0.25, -0.2) is 25.3 Å². The maximum atomic E-state index is 9.44. The smallest absolute Gasteiger partial charge is 0.748 e. The minimum absolute atomic E-state index is 0. The van der Waals surface area contributed by atoms with Crippen molar-refractivity contribution in [3.05, 3.63) is 0 Å². The molecule has 13 heteroatoms. The first-order chi connectivity index (χ1) is 7.68. The number of hydrogen-bond donors (Lipinski definition) is 0. The third-order valence-electron chi connectivity index (χ3n) is 1.06. The predicted molar refractivity (Wildman–Crippen MR) is 60.7 cm³/mol. The van der Waals surface area contributed by atoms with Crippen LogP contribution in [0.5, 0.6) is 0 Å². The van der Waals surface area contributed by atoms with Crippen LogP contribution in [0.4, 0.5) is 0 Å². The van der Waals surface area contributed by atoms with Gasteiger partial charge in [0.2, 0.25) is 0 Å². The van der Waals surface area contributed by atoms with Gasteiger partial charge in [0, 0.05) is 17.3 Å². The van der Waals surface area contributed by atoms with Crippen molar-refractivity contribution in [2.24, 2.45) is 0 Å². The van der Waals surface area contributed by atoms with E-state index >= 15 is 0 Å². The normalized spacial score (nSPS) is 11.1. The molecule has 0 N–H and O–H groups in total. The summed E-state index contributed by atoms with van der Waals surface area (Å²) in [7, 11) is -11.7. The second-order valence-electron chi connectivity index (χ2n) is 2.54. The van der Waals surface area contributed by atoms with E-state index in [0.717, 1.165) is 0 Å². The molecular formula is C6H15AuO9S3. The van der Waals surface area contributed by atoms with E-state index in [1.807, 2.05) is 0 Å². The van der Waals surface area contributed by atoms with Gasteiger partial charge < -0.3 is 13.7 Å². The third-order valence-corrected chi connectivity index (χ3v) is 3.18. The molecule has 0 saturated heterocycles. The topological polar surface area (TPSA) is 172 Å². The molecule has 0 radical (unpaired) electrons. The molecule has 0 atom stereocenters. The van der Waals surface area contributed by atoms with Crippen molar-refractivity contribution >= 4 is 30.4 Å². The predicted octanol–water partition coefficient (Wildman–Crippen LogP) is -1.35. The van der Waals surface area contributed by atoms with E-state index in [1.165, 1.54) is 20.8 Å². The van der Waals surface area contributed by atoms with E-state index < -0.39 is 30.4 Å². The van der Waals surface area contributed by atoms with Gasteiger partial charge >= 0.3 is 22.4 Å². The Bertz CT molecular complexity index is 414. The summed E-state index contributed by atoms with van der Waals surface area (Å²) in [5.41, 5.74) is 0. The Morgan fingerprint density at radius 3 is 0.632 bits per heavy atom. The molecule has 0 bridgehead atoms. The van der Waals surface area contributed by atoms with E-state index in [-0.39, 0.29) is 39.6 Å². The Hall–Kier alpha value is 0.470. The van der Waals surface area contributed by atoms with Crippen LogP contribution in [-0.2, 0) is 52.7 Å². The van der Waals surface area contributed by atoms with Crippen molar-refractivity contribution < 1.29 is 61.3 Å². The summed E-state index contributed by atoms with van der Waals surface area (Å²) >= 11 is 0. The zero-order valence-electron chi connectivity index (χ0n) is 10.3. The molecule has 0 aliphatic rings. The summed E-state index contributed by atoms with van der Waals surface area (Å²) in [4.78, 5) is 0.